The molecule has 2 unspecified atom stereocenters. The molecule has 0 bridgehead atoms. The molecule has 0 amide bonds. The first-order valence-electron chi connectivity index (χ1n) is 3.77. The Bertz CT molecular complexity index is 138. The van der Waals surface area contributed by atoms with Gasteiger partial charge in [-0.25, -0.2) is 0 Å². The van der Waals surface area contributed by atoms with Crippen LogP contribution in [0.5, 0.6) is 0 Å². The minimum Gasteiger partial charge on any atom is -0.392 e. The average molecular weight is 218 g/mol. The summed E-state index contributed by atoms with van der Waals surface area (Å²) in [5.74, 6) is -0.0500. The highest BCUT2D eigenvalue weighted by Gasteiger charge is 2.27. The standard InChI is InChI=1S/C7H13F3O2S/c1-5(11)6(2)13-4-12-3-7(8,9)10/h5-6,11H,3-4H2,1-2H3. The number of halogens is 3. The van der Waals surface area contributed by atoms with Gasteiger partial charge in [0.25, 0.3) is 0 Å². The lowest BCUT2D eigenvalue weighted by atomic mass is 10.3. The van der Waals surface area contributed by atoms with E-state index in [0.717, 1.165) is 11.8 Å². The Kier molecular flexibility index (Phi) is 5.75. The lowest BCUT2D eigenvalue weighted by molar-refractivity contribution is -0.168. The van der Waals surface area contributed by atoms with Gasteiger partial charge in [0, 0.05) is 5.25 Å². The van der Waals surface area contributed by atoms with Crippen LogP contribution < -0.4 is 0 Å². The van der Waals surface area contributed by atoms with E-state index in [1.807, 2.05) is 0 Å². The van der Waals surface area contributed by atoms with Crippen LogP contribution in [0.4, 0.5) is 13.2 Å². The zero-order chi connectivity index (χ0) is 10.5. The van der Waals surface area contributed by atoms with Crippen molar-refractivity contribution >= 4 is 11.8 Å². The molecule has 0 aliphatic carbocycles. The summed E-state index contributed by atoms with van der Waals surface area (Å²) in [6.45, 7) is 2.08. The Morgan fingerprint density at radius 3 is 2.31 bits per heavy atom. The fourth-order valence-corrected chi connectivity index (χ4v) is 1.12. The lowest BCUT2D eigenvalue weighted by Crippen LogP contribution is -2.19. The van der Waals surface area contributed by atoms with E-state index in [4.69, 9.17) is 5.11 Å². The predicted octanol–water partition coefficient (Wildman–Crippen LogP) is 2.03. The van der Waals surface area contributed by atoms with E-state index in [0.29, 0.717) is 0 Å². The van der Waals surface area contributed by atoms with Crippen molar-refractivity contribution in [1.82, 2.24) is 0 Å². The van der Waals surface area contributed by atoms with E-state index in [1.165, 1.54) is 0 Å². The molecule has 0 saturated heterocycles. The largest absolute Gasteiger partial charge is 0.411 e. The molecule has 6 heteroatoms. The molecule has 0 radical (unpaired) electrons. The summed E-state index contributed by atoms with van der Waals surface area (Å²) in [5, 5.41) is 8.86. The quantitative estimate of drug-likeness (QED) is 0.565. The summed E-state index contributed by atoms with van der Waals surface area (Å²) in [4.78, 5) is 0. The van der Waals surface area contributed by atoms with Crippen LogP contribution >= 0.6 is 11.8 Å². The summed E-state index contributed by atoms with van der Waals surface area (Å²) < 4.78 is 39.0. The van der Waals surface area contributed by atoms with E-state index in [1.54, 1.807) is 13.8 Å². The van der Waals surface area contributed by atoms with Gasteiger partial charge in [0.1, 0.15) is 6.61 Å². The summed E-state index contributed by atoms with van der Waals surface area (Å²) in [6.07, 6.45) is -4.81. The molecule has 2 atom stereocenters. The number of ether oxygens (including phenoxy) is 1. The molecule has 0 heterocycles. The van der Waals surface area contributed by atoms with Gasteiger partial charge in [0.15, 0.2) is 0 Å². The zero-order valence-electron chi connectivity index (χ0n) is 7.47. The molecule has 0 spiro atoms. The van der Waals surface area contributed by atoms with Crippen LogP contribution in [0.25, 0.3) is 0 Å². The third-order valence-electron chi connectivity index (χ3n) is 1.36. The minimum atomic E-state index is -4.27. The number of hydrogen-bond donors (Lipinski definition) is 1. The van der Waals surface area contributed by atoms with Crippen molar-refractivity contribution in [3.05, 3.63) is 0 Å². The molecule has 80 valence electrons. The molecule has 0 rings (SSSR count). The molecule has 13 heavy (non-hydrogen) atoms. The molecular formula is C7H13F3O2S. The van der Waals surface area contributed by atoms with Crippen LogP contribution in [0.15, 0.2) is 0 Å². The van der Waals surface area contributed by atoms with Crippen molar-refractivity contribution in [2.75, 3.05) is 12.5 Å². The summed E-state index contributed by atoms with van der Waals surface area (Å²) in [6, 6.07) is 0. The van der Waals surface area contributed by atoms with Gasteiger partial charge in [-0.3, -0.25) is 0 Å². The van der Waals surface area contributed by atoms with E-state index in [-0.39, 0.29) is 11.2 Å². The molecule has 0 saturated carbocycles. The SMILES string of the molecule is CC(O)C(C)SCOCC(F)(F)F. The van der Waals surface area contributed by atoms with E-state index in [2.05, 4.69) is 4.74 Å². The highest BCUT2D eigenvalue weighted by molar-refractivity contribution is 7.99. The molecular weight excluding hydrogens is 205 g/mol. The van der Waals surface area contributed by atoms with Gasteiger partial charge in [0.2, 0.25) is 0 Å². The molecule has 0 aromatic rings. The van der Waals surface area contributed by atoms with E-state index in [9.17, 15) is 13.2 Å². The van der Waals surface area contributed by atoms with Gasteiger partial charge >= 0.3 is 6.18 Å². The molecule has 2 nitrogen and oxygen atoms in total. The topological polar surface area (TPSA) is 29.5 Å². The van der Waals surface area contributed by atoms with Crippen LogP contribution in [0.1, 0.15) is 13.8 Å². The normalized spacial score (nSPS) is 17.1. The smallest absolute Gasteiger partial charge is 0.392 e. The minimum absolute atomic E-state index is 0.0500. The maximum absolute atomic E-state index is 11.6. The summed E-state index contributed by atoms with van der Waals surface area (Å²) in [5.41, 5.74) is 0. The first kappa shape index (κ1) is 13.1. The first-order chi connectivity index (χ1) is 5.83. The number of thioether (sulfide) groups is 1. The lowest BCUT2D eigenvalue weighted by Gasteiger charge is -2.14. The van der Waals surface area contributed by atoms with Crippen molar-refractivity contribution in [2.24, 2.45) is 0 Å². The van der Waals surface area contributed by atoms with Crippen LogP contribution in [0.2, 0.25) is 0 Å². The average Bonchev–Trinajstić information content (AvgIpc) is 1.95. The first-order valence-corrected chi connectivity index (χ1v) is 4.82. The van der Waals surface area contributed by atoms with Gasteiger partial charge in [0.05, 0.1) is 12.0 Å². The summed E-state index contributed by atoms with van der Waals surface area (Å²) >= 11 is 1.15. The van der Waals surface area contributed by atoms with Crippen molar-refractivity contribution < 1.29 is 23.0 Å². The molecule has 0 fully saturated rings. The number of hydrogen-bond acceptors (Lipinski definition) is 3. The molecule has 0 aliphatic rings. The van der Waals surface area contributed by atoms with Crippen molar-refractivity contribution in [3.8, 4) is 0 Å². The number of aliphatic hydroxyl groups excluding tert-OH is 1. The van der Waals surface area contributed by atoms with Gasteiger partial charge in [-0.2, -0.15) is 13.2 Å². The zero-order valence-corrected chi connectivity index (χ0v) is 8.28. The van der Waals surface area contributed by atoms with Crippen molar-refractivity contribution in [1.29, 1.82) is 0 Å². The molecule has 0 aromatic heterocycles. The highest BCUT2D eigenvalue weighted by Crippen LogP contribution is 2.18. The van der Waals surface area contributed by atoms with Gasteiger partial charge in [-0.1, -0.05) is 6.92 Å². The fourth-order valence-electron chi connectivity index (χ4n) is 0.452. The Labute approximate surface area is 79.5 Å². The second-order valence-corrected chi connectivity index (χ2v) is 4.01. The molecule has 0 aromatic carbocycles. The Morgan fingerprint density at radius 1 is 1.38 bits per heavy atom. The van der Waals surface area contributed by atoms with E-state index < -0.39 is 18.9 Å². The Balaban J connectivity index is 3.36. The second kappa shape index (κ2) is 5.72. The van der Waals surface area contributed by atoms with Crippen LogP contribution in [-0.4, -0.2) is 35.2 Å². The van der Waals surface area contributed by atoms with Crippen molar-refractivity contribution in [3.63, 3.8) is 0 Å². The Morgan fingerprint density at radius 2 is 1.92 bits per heavy atom. The second-order valence-electron chi connectivity index (χ2n) is 2.69. The molecule has 1 N–H and O–H groups in total. The van der Waals surface area contributed by atoms with Crippen LogP contribution in [-0.2, 0) is 4.74 Å². The number of alkyl halides is 3. The van der Waals surface area contributed by atoms with Gasteiger partial charge < -0.3 is 9.84 Å². The van der Waals surface area contributed by atoms with Crippen LogP contribution in [0, 0.1) is 0 Å². The number of rotatable bonds is 5. The Hall–Kier alpha value is 0.0600. The number of aliphatic hydroxyl groups is 1. The molecule has 0 aliphatic heterocycles. The predicted molar refractivity (Wildman–Crippen MR) is 45.6 cm³/mol. The van der Waals surface area contributed by atoms with Gasteiger partial charge in [-0.15, -0.1) is 11.8 Å². The van der Waals surface area contributed by atoms with E-state index >= 15 is 0 Å². The third kappa shape index (κ3) is 8.39. The summed E-state index contributed by atoms with van der Waals surface area (Å²) in [7, 11) is 0. The monoisotopic (exact) mass is 218 g/mol. The van der Waals surface area contributed by atoms with Gasteiger partial charge in [-0.05, 0) is 6.92 Å². The maximum atomic E-state index is 11.6. The highest BCUT2D eigenvalue weighted by atomic mass is 32.2. The maximum Gasteiger partial charge on any atom is 0.411 e. The fraction of sp³-hybridized carbons (Fsp3) is 1.00. The van der Waals surface area contributed by atoms with Crippen molar-refractivity contribution in [2.45, 2.75) is 31.4 Å². The third-order valence-corrected chi connectivity index (χ3v) is 2.58. The van der Waals surface area contributed by atoms with Crippen LogP contribution in [0.3, 0.4) is 0 Å².